The lowest BCUT2D eigenvalue weighted by atomic mass is 10.5. The minimum absolute atomic E-state index is 0.591. The lowest BCUT2D eigenvalue weighted by Crippen LogP contribution is -2.21. The van der Waals surface area contributed by atoms with Gasteiger partial charge >= 0.3 is 0 Å². The standard InChI is InChI=1S/C7H14N6S/c1-13(2)12-6-4-5(11-8)9-7(10-6)14-3/h4H,8H2,1-3H3,(H2,9,10,11,12). The van der Waals surface area contributed by atoms with E-state index in [1.165, 1.54) is 11.8 Å². The molecule has 1 rings (SSSR count). The van der Waals surface area contributed by atoms with Crippen molar-refractivity contribution in [1.82, 2.24) is 15.0 Å². The lowest BCUT2D eigenvalue weighted by molar-refractivity contribution is 0.491. The molecule has 6 nitrogen and oxygen atoms in total. The molecule has 0 bridgehead atoms. The molecule has 0 unspecified atom stereocenters. The van der Waals surface area contributed by atoms with Crippen LogP contribution in [0.1, 0.15) is 0 Å². The summed E-state index contributed by atoms with van der Waals surface area (Å²) in [6.45, 7) is 0. The van der Waals surface area contributed by atoms with Crippen LogP contribution >= 0.6 is 11.8 Å². The van der Waals surface area contributed by atoms with Gasteiger partial charge in [0.1, 0.15) is 11.6 Å². The highest BCUT2D eigenvalue weighted by molar-refractivity contribution is 7.98. The maximum Gasteiger partial charge on any atom is 0.191 e. The Morgan fingerprint density at radius 3 is 2.50 bits per heavy atom. The van der Waals surface area contributed by atoms with Crippen LogP contribution in [0.3, 0.4) is 0 Å². The van der Waals surface area contributed by atoms with Crippen molar-refractivity contribution in [3.05, 3.63) is 6.07 Å². The van der Waals surface area contributed by atoms with Crippen LogP contribution in [0, 0.1) is 0 Å². The predicted molar refractivity (Wildman–Crippen MR) is 58.9 cm³/mol. The first-order chi connectivity index (χ1) is 6.65. The van der Waals surface area contributed by atoms with Gasteiger partial charge in [0.2, 0.25) is 0 Å². The van der Waals surface area contributed by atoms with E-state index in [0.29, 0.717) is 16.8 Å². The molecule has 1 aromatic heterocycles. The van der Waals surface area contributed by atoms with Crippen molar-refractivity contribution >= 4 is 23.4 Å². The Morgan fingerprint density at radius 1 is 1.36 bits per heavy atom. The van der Waals surface area contributed by atoms with E-state index < -0.39 is 0 Å². The van der Waals surface area contributed by atoms with Gasteiger partial charge in [-0.15, -0.1) is 0 Å². The number of thioether (sulfide) groups is 1. The Kier molecular flexibility index (Phi) is 3.93. The molecule has 0 atom stereocenters. The summed E-state index contributed by atoms with van der Waals surface area (Å²) in [4.78, 5) is 8.38. The van der Waals surface area contributed by atoms with Crippen molar-refractivity contribution in [3.63, 3.8) is 0 Å². The number of hydrogen-bond donors (Lipinski definition) is 3. The van der Waals surface area contributed by atoms with Gasteiger partial charge in [0, 0.05) is 20.2 Å². The fourth-order valence-electron chi connectivity index (χ4n) is 0.877. The largest absolute Gasteiger partial charge is 0.308 e. The number of nitrogen functional groups attached to an aromatic ring is 1. The van der Waals surface area contributed by atoms with Crippen molar-refractivity contribution < 1.29 is 0 Å². The Hall–Kier alpha value is -1.05. The molecule has 0 fully saturated rings. The van der Waals surface area contributed by atoms with E-state index in [4.69, 9.17) is 5.84 Å². The van der Waals surface area contributed by atoms with Crippen molar-refractivity contribution in [3.8, 4) is 0 Å². The molecule has 0 radical (unpaired) electrons. The summed E-state index contributed by atoms with van der Waals surface area (Å²) in [5.41, 5.74) is 5.52. The molecule has 0 spiro atoms. The molecule has 0 aliphatic rings. The zero-order chi connectivity index (χ0) is 10.6. The summed E-state index contributed by atoms with van der Waals surface area (Å²) >= 11 is 1.46. The van der Waals surface area contributed by atoms with Gasteiger partial charge in [-0.25, -0.2) is 20.8 Å². The number of nitrogens with zero attached hydrogens (tertiary/aromatic N) is 3. The fraction of sp³-hybridized carbons (Fsp3) is 0.429. The van der Waals surface area contributed by atoms with Gasteiger partial charge in [0.15, 0.2) is 5.16 Å². The summed E-state index contributed by atoms with van der Waals surface area (Å²) in [5.74, 6) is 6.58. The van der Waals surface area contributed by atoms with Crippen LogP contribution in [0.2, 0.25) is 0 Å². The van der Waals surface area contributed by atoms with E-state index in [1.54, 1.807) is 11.1 Å². The monoisotopic (exact) mass is 214 g/mol. The molecule has 0 aliphatic carbocycles. The maximum absolute atomic E-state index is 5.28. The van der Waals surface area contributed by atoms with Gasteiger partial charge in [0.25, 0.3) is 0 Å². The van der Waals surface area contributed by atoms with E-state index >= 15 is 0 Å². The average molecular weight is 214 g/mol. The van der Waals surface area contributed by atoms with Crippen LogP contribution in [0.25, 0.3) is 0 Å². The second kappa shape index (κ2) is 4.99. The minimum atomic E-state index is 0.591. The van der Waals surface area contributed by atoms with E-state index in [0.717, 1.165) is 0 Å². The highest BCUT2D eigenvalue weighted by Crippen LogP contribution is 2.16. The maximum atomic E-state index is 5.28. The molecule has 0 amide bonds. The van der Waals surface area contributed by atoms with Crippen LogP contribution in [-0.4, -0.2) is 35.3 Å². The van der Waals surface area contributed by atoms with Gasteiger partial charge in [-0.3, -0.25) is 0 Å². The van der Waals surface area contributed by atoms with Crippen molar-refractivity contribution in [2.24, 2.45) is 5.84 Å². The van der Waals surface area contributed by atoms with Crippen molar-refractivity contribution in [2.75, 3.05) is 31.2 Å². The van der Waals surface area contributed by atoms with Crippen molar-refractivity contribution in [1.29, 1.82) is 0 Å². The highest BCUT2D eigenvalue weighted by atomic mass is 32.2. The van der Waals surface area contributed by atoms with Crippen LogP contribution in [0.15, 0.2) is 11.2 Å². The topological polar surface area (TPSA) is 79.1 Å². The summed E-state index contributed by atoms with van der Waals surface area (Å²) in [7, 11) is 3.77. The normalized spacial score (nSPS) is 10.4. The Morgan fingerprint density at radius 2 is 2.00 bits per heavy atom. The number of nitrogens with two attached hydrogens (primary N) is 1. The summed E-state index contributed by atoms with van der Waals surface area (Å²) < 4.78 is 0. The molecule has 1 heterocycles. The number of aromatic nitrogens is 2. The summed E-state index contributed by atoms with van der Waals surface area (Å²) in [6, 6.07) is 1.74. The smallest absolute Gasteiger partial charge is 0.191 e. The summed E-state index contributed by atoms with van der Waals surface area (Å²) in [6.07, 6.45) is 1.91. The van der Waals surface area contributed by atoms with E-state index in [1.807, 2.05) is 20.4 Å². The molecule has 0 saturated heterocycles. The SMILES string of the molecule is CSc1nc(NN)cc(NN(C)C)n1. The molecule has 4 N–H and O–H groups in total. The van der Waals surface area contributed by atoms with Crippen LogP contribution in [0.5, 0.6) is 0 Å². The number of anilines is 2. The molecule has 0 aromatic carbocycles. The highest BCUT2D eigenvalue weighted by Gasteiger charge is 2.02. The zero-order valence-electron chi connectivity index (χ0n) is 8.40. The first-order valence-corrected chi connectivity index (χ1v) is 5.22. The Bertz CT molecular complexity index is 280. The van der Waals surface area contributed by atoms with E-state index in [-0.39, 0.29) is 0 Å². The third-order valence-electron chi connectivity index (χ3n) is 1.37. The third kappa shape index (κ3) is 3.02. The van der Waals surface area contributed by atoms with Gasteiger partial charge < -0.3 is 10.9 Å². The van der Waals surface area contributed by atoms with Gasteiger partial charge in [0.05, 0.1) is 0 Å². The third-order valence-corrected chi connectivity index (χ3v) is 1.92. The van der Waals surface area contributed by atoms with Gasteiger partial charge in [-0.2, -0.15) is 0 Å². The molecule has 7 heteroatoms. The number of hydrazine groups is 2. The first-order valence-electron chi connectivity index (χ1n) is 3.99. The Balaban J connectivity index is 2.92. The number of rotatable bonds is 4. The van der Waals surface area contributed by atoms with Crippen LogP contribution < -0.4 is 16.7 Å². The average Bonchev–Trinajstić information content (AvgIpc) is 2.16. The molecule has 78 valence electrons. The molecular weight excluding hydrogens is 200 g/mol. The molecule has 1 aromatic rings. The molecule has 0 aliphatic heterocycles. The van der Waals surface area contributed by atoms with Crippen LogP contribution in [-0.2, 0) is 0 Å². The Labute approximate surface area is 87.2 Å². The summed E-state index contributed by atoms with van der Waals surface area (Å²) in [5, 5.41) is 2.47. The second-order valence-electron chi connectivity index (χ2n) is 2.78. The minimum Gasteiger partial charge on any atom is -0.308 e. The fourth-order valence-corrected chi connectivity index (χ4v) is 1.26. The first kappa shape index (κ1) is 11.0. The number of nitrogens with one attached hydrogen (secondary N) is 2. The molecule has 14 heavy (non-hydrogen) atoms. The number of hydrogen-bond acceptors (Lipinski definition) is 7. The molecular formula is C7H14N6S. The second-order valence-corrected chi connectivity index (χ2v) is 3.55. The van der Waals surface area contributed by atoms with Crippen LogP contribution in [0.4, 0.5) is 11.6 Å². The molecule has 0 saturated carbocycles. The van der Waals surface area contributed by atoms with E-state index in [2.05, 4.69) is 20.8 Å². The quantitative estimate of drug-likeness (QED) is 0.289. The zero-order valence-corrected chi connectivity index (χ0v) is 9.22. The van der Waals surface area contributed by atoms with Crippen molar-refractivity contribution in [2.45, 2.75) is 5.16 Å². The lowest BCUT2D eigenvalue weighted by Gasteiger charge is -2.13. The predicted octanol–water partition coefficient (Wildman–Crippen LogP) is 0.373. The van der Waals surface area contributed by atoms with Gasteiger partial charge in [-0.1, -0.05) is 11.8 Å². The van der Waals surface area contributed by atoms with Gasteiger partial charge in [-0.05, 0) is 6.26 Å². The van der Waals surface area contributed by atoms with E-state index in [9.17, 15) is 0 Å².